The van der Waals surface area contributed by atoms with Gasteiger partial charge in [-0.3, -0.25) is 0 Å². The highest BCUT2D eigenvalue weighted by Gasteiger charge is 2.33. The van der Waals surface area contributed by atoms with Crippen LogP contribution in [0.15, 0.2) is 29.2 Å². The van der Waals surface area contributed by atoms with Crippen molar-refractivity contribution >= 4 is 10.0 Å². The van der Waals surface area contributed by atoms with Crippen molar-refractivity contribution in [2.24, 2.45) is 0 Å². The normalized spacial score (nSPS) is 18.0. The summed E-state index contributed by atoms with van der Waals surface area (Å²) >= 11 is 0. The molecule has 22 heavy (non-hydrogen) atoms. The first kappa shape index (κ1) is 17.4. The van der Waals surface area contributed by atoms with Crippen LogP contribution >= 0.6 is 0 Å². The lowest BCUT2D eigenvalue weighted by Gasteiger charge is -2.22. The standard InChI is InChI=1S/C15H24N2O4S/c1-4-17(3)10-9-16-22(18,19)14-7-5-13(6-8-14)15(2)20-11-12-21-15/h5-8,16H,4,9-12H2,1-3H3. The number of likely N-dealkylation sites (N-methyl/N-ethyl adjacent to an activating group) is 1. The number of hydrogen-bond acceptors (Lipinski definition) is 5. The molecular formula is C15H24N2O4S. The molecule has 0 unspecified atom stereocenters. The third-order valence-electron chi connectivity index (χ3n) is 3.85. The Morgan fingerprint density at radius 3 is 2.36 bits per heavy atom. The minimum Gasteiger partial charge on any atom is -0.344 e. The Bertz CT molecular complexity index is 580. The summed E-state index contributed by atoms with van der Waals surface area (Å²) in [6.07, 6.45) is 0. The van der Waals surface area contributed by atoms with Crippen LogP contribution < -0.4 is 4.72 Å². The maximum Gasteiger partial charge on any atom is 0.240 e. The minimum absolute atomic E-state index is 0.247. The average Bonchev–Trinajstić information content (AvgIpc) is 2.95. The first-order valence-corrected chi connectivity index (χ1v) is 8.92. The molecule has 6 nitrogen and oxygen atoms in total. The van der Waals surface area contributed by atoms with Gasteiger partial charge in [0.2, 0.25) is 10.0 Å². The molecule has 1 heterocycles. The number of hydrogen-bond donors (Lipinski definition) is 1. The summed E-state index contributed by atoms with van der Waals surface area (Å²) in [7, 11) is -1.53. The molecule has 1 aromatic rings. The van der Waals surface area contributed by atoms with E-state index in [-0.39, 0.29) is 4.90 Å². The van der Waals surface area contributed by atoms with E-state index < -0.39 is 15.8 Å². The lowest BCUT2D eigenvalue weighted by Crippen LogP contribution is -2.33. The van der Waals surface area contributed by atoms with Gasteiger partial charge >= 0.3 is 0 Å². The Hall–Kier alpha value is -0.990. The van der Waals surface area contributed by atoms with E-state index in [2.05, 4.69) is 4.72 Å². The fourth-order valence-corrected chi connectivity index (χ4v) is 3.25. The first-order chi connectivity index (χ1) is 10.4. The van der Waals surface area contributed by atoms with Gasteiger partial charge in [0.25, 0.3) is 0 Å². The molecule has 0 radical (unpaired) electrons. The van der Waals surface area contributed by atoms with Crippen molar-refractivity contribution in [3.63, 3.8) is 0 Å². The summed E-state index contributed by atoms with van der Waals surface area (Å²) in [6.45, 7) is 6.90. The summed E-state index contributed by atoms with van der Waals surface area (Å²) in [5.41, 5.74) is 0.815. The van der Waals surface area contributed by atoms with Gasteiger partial charge in [-0.2, -0.15) is 0 Å². The van der Waals surface area contributed by atoms with Crippen LogP contribution in [-0.2, 0) is 25.3 Å². The maximum atomic E-state index is 12.2. The Labute approximate surface area is 132 Å². The molecule has 0 atom stereocenters. The zero-order valence-corrected chi connectivity index (χ0v) is 14.1. The number of nitrogens with zero attached hydrogens (tertiary/aromatic N) is 1. The van der Waals surface area contributed by atoms with E-state index >= 15 is 0 Å². The number of nitrogens with one attached hydrogen (secondary N) is 1. The molecule has 1 aliphatic heterocycles. The van der Waals surface area contributed by atoms with Crippen molar-refractivity contribution in [3.8, 4) is 0 Å². The number of ether oxygens (including phenoxy) is 2. The van der Waals surface area contributed by atoms with Gasteiger partial charge in [-0.25, -0.2) is 13.1 Å². The molecule has 1 N–H and O–H groups in total. The van der Waals surface area contributed by atoms with Gasteiger partial charge in [0, 0.05) is 18.7 Å². The van der Waals surface area contributed by atoms with E-state index in [1.807, 2.05) is 25.8 Å². The van der Waals surface area contributed by atoms with Crippen LogP contribution in [0.3, 0.4) is 0 Å². The second-order valence-corrected chi connectivity index (χ2v) is 7.23. The van der Waals surface area contributed by atoms with Crippen molar-refractivity contribution in [2.45, 2.75) is 24.5 Å². The SMILES string of the molecule is CCN(C)CCNS(=O)(=O)c1ccc(C2(C)OCCO2)cc1. The molecule has 0 bridgehead atoms. The predicted octanol–water partition coefficient (Wildman–Crippen LogP) is 1.14. The van der Waals surface area contributed by atoms with Gasteiger partial charge in [0.1, 0.15) is 0 Å². The van der Waals surface area contributed by atoms with Crippen LogP contribution in [0.5, 0.6) is 0 Å². The van der Waals surface area contributed by atoms with Crippen molar-refractivity contribution in [2.75, 3.05) is 39.9 Å². The van der Waals surface area contributed by atoms with Crippen LogP contribution in [0.25, 0.3) is 0 Å². The maximum absolute atomic E-state index is 12.2. The first-order valence-electron chi connectivity index (χ1n) is 7.44. The molecule has 1 fully saturated rings. The van der Waals surface area contributed by atoms with Gasteiger partial charge in [-0.15, -0.1) is 0 Å². The molecule has 0 spiro atoms. The van der Waals surface area contributed by atoms with Gasteiger partial charge < -0.3 is 14.4 Å². The van der Waals surface area contributed by atoms with Gasteiger partial charge in [-0.1, -0.05) is 19.1 Å². The topological polar surface area (TPSA) is 67.9 Å². The molecule has 7 heteroatoms. The fraction of sp³-hybridized carbons (Fsp3) is 0.600. The molecular weight excluding hydrogens is 304 g/mol. The Balaban J connectivity index is 2.02. The predicted molar refractivity (Wildman–Crippen MR) is 84.1 cm³/mol. The van der Waals surface area contributed by atoms with E-state index in [1.165, 1.54) is 0 Å². The summed E-state index contributed by atoms with van der Waals surface area (Å²) in [5, 5.41) is 0. The van der Waals surface area contributed by atoms with Gasteiger partial charge in [0.05, 0.1) is 18.1 Å². The lowest BCUT2D eigenvalue weighted by atomic mass is 10.1. The Morgan fingerprint density at radius 2 is 1.82 bits per heavy atom. The quantitative estimate of drug-likeness (QED) is 0.813. The lowest BCUT2D eigenvalue weighted by molar-refractivity contribution is -0.149. The number of sulfonamides is 1. The summed E-state index contributed by atoms with van der Waals surface area (Å²) in [4.78, 5) is 2.29. The molecule has 1 saturated heterocycles. The molecule has 1 aliphatic rings. The number of rotatable bonds is 7. The molecule has 0 aromatic heterocycles. The molecule has 2 rings (SSSR count). The van der Waals surface area contributed by atoms with Crippen molar-refractivity contribution in [3.05, 3.63) is 29.8 Å². The molecule has 124 valence electrons. The minimum atomic E-state index is -3.48. The Kier molecular flexibility index (Phi) is 5.57. The highest BCUT2D eigenvalue weighted by Crippen LogP contribution is 2.31. The summed E-state index contributed by atoms with van der Waals surface area (Å²) < 4.78 is 38.2. The average molecular weight is 328 g/mol. The van der Waals surface area contributed by atoms with Crippen LogP contribution in [0, 0.1) is 0 Å². The van der Waals surface area contributed by atoms with Crippen molar-refractivity contribution < 1.29 is 17.9 Å². The highest BCUT2D eigenvalue weighted by atomic mass is 32.2. The van der Waals surface area contributed by atoms with E-state index in [1.54, 1.807) is 24.3 Å². The van der Waals surface area contributed by atoms with E-state index in [0.717, 1.165) is 12.1 Å². The Morgan fingerprint density at radius 1 is 1.23 bits per heavy atom. The highest BCUT2D eigenvalue weighted by molar-refractivity contribution is 7.89. The molecule has 0 saturated carbocycles. The smallest absolute Gasteiger partial charge is 0.240 e. The second kappa shape index (κ2) is 7.06. The fourth-order valence-electron chi connectivity index (χ4n) is 2.23. The van der Waals surface area contributed by atoms with Crippen LogP contribution in [0.4, 0.5) is 0 Å². The van der Waals surface area contributed by atoms with Crippen LogP contribution in [0.1, 0.15) is 19.4 Å². The largest absolute Gasteiger partial charge is 0.344 e. The van der Waals surface area contributed by atoms with E-state index in [0.29, 0.717) is 26.3 Å². The zero-order valence-electron chi connectivity index (χ0n) is 13.3. The third-order valence-corrected chi connectivity index (χ3v) is 5.33. The number of benzene rings is 1. The van der Waals surface area contributed by atoms with Gasteiger partial charge in [-0.05, 0) is 32.6 Å². The monoisotopic (exact) mass is 328 g/mol. The summed E-state index contributed by atoms with van der Waals surface area (Å²) in [5.74, 6) is -0.778. The molecule has 0 amide bonds. The van der Waals surface area contributed by atoms with Crippen molar-refractivity contribution in [1.29, 1.82) is 0 Å². The van der Waals surface area contributed by atoms with E-state index in [4.69, 9.17) is 9.47 Å². The van der Waals surface area contributed by atoms with Crippen molar-refractivity contribution in [1.82, 2.24) is 9.62 Å². The zero-order chi connectivity index (χ0) is 16.2. The van der Waals surface area contributed by atoms with Gasteiger partial charge in [0.15, 0.2) is 5.79 Å². The second-order valence-electron chi connectivity index (χ2n) is 5.46. The van der Waals surface area contributed by atoms with Crippen LogP contribution in [-0.4, -0.2) is 53.2 Å². The summed E-state index contributed by atoms with van der Waals surface area (Å²) in [6, 6.07) is 6.63. The molecule has 0 aliphatic carbocycles. The van der Waals surface area contributed by atoms with E-state index in [9.17, 15) is 8.42 Å². The molecule has 1 aromatic carbocycles. The van der Waals surface area contributed by atoms with Crippen LogP contribution in [0.2, 0.25) is 0 Å². The third kappa shape index (κ3) is 4.05.